The molecule has 0 spiro atoms. The van der Waals surface area contributed by atoms with Gasteiger partial charge in [0.15, 0.2) is 0 Å². The van der Waals surface area contributed by atoms with Crippen LogP contribution in [0.3, 0.4) is 0 Å². The highest BCUT2D eigenvalue weighted by Gasteiger charge is 2.16. The Morgan fingerprint density at radius 2 is 1.89 bits per heavy atom. The van der Waals surface area contributed by atoms with Gasteiger partial charge in [-0.3, -0.25) is 4.79 Å². The molecule has 19 heavy (non-hydrogen) atoms. The molecule has 0 fully saturated rings. The minimum absolute atomic E-state index is 0.0555. The fraction of sp³-hybridized carbons (Fsp3) is 0.562. The molecule has 3 nitrogen and oxygen atoms in total. The van der Waals surface area contributed by atoms with Gasteiger partial charge in [0.1, 0.15) is 0 Å². The topological polar surface area (TPSA) is 32.3 Å². The van der Waals surface area contributed by atoms with Crippen LogP contribution in [-0.2, 0) is 4.79 Å². The third kappa shape index (κ3) is 5.03. The Morgan fingerprint density at radius 3 is 2.42 bits per heavy atom. The number of rotatable bonds is 5. The van der Waals surface area contributed by atoms with Crippen molar-refractivity contribution in [3.8, 4) is 0 Å². The molecule has 1 N–H and O–H groups in total. The van der Waals surface area contributed by atoms with Crippen LogP contribution in [0.15, 0.2) is 24.3 Å². The lowest BCUT2D eigenvalue weighted by Crippen LogP contribution is -2.39. The van der Waals surface area contributed by atoms with Gasteiger partial charge in [-0.15, -0.1) is 0 Å². The van der Waals surface area contributed by atoms with Crippen molar-refractivity contribution in [3.63, 3.8) is 0 Å². The van der Waals surface area contributed by atoms with E-state index in [0.717, 1.165) is 11.3 Å². The number of carbonyl (C=O) groups is 1. The molecule has 0 radical (unpaired) electrons. The zero-order valence-corrected chi connectivity index (χ0v) is 12.8. The van der Waals surface area contributed by atoms with Gasteiger partial charge in [0.2, 0.25) is 5.91 Å². The van der Waals surface area contributed by atoms with Crippen LogP contribution in [0.25, 0.3) is 0 Å². The summed E-state index contributed by atoms with van der Waals surface area (Å²) in [6.07, 6.45) is 0.527. The van der Waals surface area contributed by atoms with Crippen molar-refractivity contribution in [1.82, 2.24) is 5.32 Å². The number of hydrogen-bond acceptors (Lipinski definition) is 2. The van der Waals surface area contributed by atoms with E-state index >= 15 is 0 Å². The van der Waals surface area contributed by atoms with Crippen LogP contribution in [0, 0.1) is 6.92 Å². The van der Waals surface area contributed by atoms with Crippen LogP contribution in [0.5, 0.6) is 0 Å². The summed E-state index contributed by atoms with van der Waals surface area (Å²) < 4.78 is 0. The van der Waals surface area contributed by atoms with Crippen molar-refractivity contribution in [2.45, 2.75) is 46.6 Å². The lowest BCUT2D eigenvalue weighted by atomic mass is 10.1. The van der Waals surface area contributed by atoms with Crippen molar-refractivity contribution in [2.75, 3.05) is 18.0 Å². The Bertz CT molecular complexity index is 421. The standard InChI is InChI=1S/C16H26N2O/c1-6-18(14-10-8-7-9-13(14)2)15(19)11-12-17-16(3,4)5/h7-10,17H,6,11-12H2,1-5H3. The smallest absolute Gasteiger partial charge is 0.228 e. The monoisotopic (exact) mass is 262 g/mol. The Balaban J connectivity index is 2.65. The summed E-state index contributed by atoms with van der Waals surface area (Å²) in [5, 5.41) is 3.35. The average molecular weight is 262 g/mol. The lowest BCUT2D eigenvalue weighted by Gasteiger charge is -2.25. The molecule has 0 aliphatic rings. The van der Waals surface area contributed by atoms with Crippen molar-refractivity contribution >= 4 is 11.6 Å². The first kappa shape index (κ1) is 15.7. The van der Waals surface area contributed by atoms with Gasteiger partial charge in [0, 0.05) is 30.7 Å². The van der Waals surface area contributed by atoms with Crippen LogP contribution in [0.2, 0.25) is 0 Å². The molecule has 0 aliphatic heterocycles. The molecule has 0 saturated carbocycles. The number of benzene rings is 1. The Kier molecular flexibility index (Phi) is 5.55. The fourth-order valence-electron chi connectivity index (χ4n) is 2.03. The third-order valence-electron chi connectivity index (χ3n) is 3.02. The fourth-order valence-corrected chi connectivity index (χ4v) is 2.03. The Hall–Kier alpha value is -1.35. The second-order valence-corrected chi connectivity index (χ2v) is 5.85. The summed E-state index contributed by atoms with van der Waals surface area (Å²) in [5.41, 5.74) is 2.22. The molecular formula is C16H26N2O. The average Bonchev–Trinajstić information content (AvgIpc) is 2.31. The maximum absolute atomic E-state index is 12.3. The normalized spacial score (nSPS) is 11.4. The van der Waals surface area contributed by atoms with Crippen molar-refractivity contribution in [2.24, 2.45) is 0 Å². The molecule has 0 aliphatic carbocycles. The molecule has 1 amide bonds. The molecule has 3 heteroatoms. The van der Waals surface area contributed by atoms with E-state index < -0.39 is 0 Å². The number of anilines is 1. The molecule has 0 aromatic heterocycles. The first-order chi connectivity index (χ1) is 8.85. The maximum atomic E-state index is 12.3. The summed E-state index contributed by atoms with van der Waals surface area (Å²) in [4.78, 5) is 14.2. The molecule has 1 rings (SSSR count). The van der Waals surface area contributed by atoms with Crippen LogP contribution in [0.4, 0.5) is 5.69 Å². The number of aryl methyl sites for hydroxylation is 1. The highest BCUT2D eigenvalue weighted by Crippen LogP contribution is 2.19. The minimum atomic E-state index is 0.0555. The van der Waals surface area contributed by atoms with E-state index in [1.807, 2.05) is 43.0 Å². The third-order valence-corrected chi connectivity index (χ3v) is 3.02. The van der Waals surface area contributed by atoms with Gasteiger partial charge >= 0.3 is 0 Å². The second-order valence-electron chi connectivity index (χ2n) is 5.85. The van der Waals surface area contributed by atoms with Crippen LogP contribution >= 0.6 is 0 Å². The largest absolute Gasteiger partial charge is 0.312 e. The molecule has 0 saturated heterocycles. The van der Waals surface area contributed by atoms with E-state index in [4.69, 9.17) is 0 Å². The van der Waals surface area contributed by atoms with Crippen LogP contribution in [0.1, 0.15) is 39.7 Å². The predicted octanol–water partition coefficient (Wildman–Crippen LogP) is 3.13. The van der Waals surface area contributed by atoms with Gasteiger partial charge in [0.25, 0.3) is 0 Å². The Morgan fingerprint density at radius 1 is 1.26 bits per heavy atom. The van der Waals surface area contributed by atoms with Gasteiger partial charge in [-0.1, -0.05) is 18.2 Å². The van der Waals surface area contributed by atoms with Crippen molar-refractivity contribution < 1.29 is 4.79 Å². The van der Waals surface area contributed by atoms with Gasteiger partial charge in [-0.25, -0.2) is 0 Å². The summed E-state index contributed by atoms with van der Waals surface area (Å²) in [6, 6.07) is 8.02. The summed E-state index contributed by atoms with van der Waals surface area (Å²) in [7, 11) is 0. The molecule has 0 heterocycles. The molecule has 0 unspecified atom stereocenters. The molecular weight excluding hydrogens is 236 g/mol. The van der Waals surface area contributed by atoms with Crippen molar-refractivity contribution in [3.05, 3.63) is 29.8 Å². The predicted molar refractivity (Wildman–Crippen MR) is 81.6 cm³/mol. The molecule has 0 bridgehead atoms. The lowest BCUT2D eigenvalue weighted by molar-refractivity contribution is -0.118. The number of para-hydroxylation sites is 1. The zero-order chi connectivity index (χ0) is 14.5. The minimum Gasteiger partial charge on any atom is -0.312 e. The summed E-state index contributed by atoms with van der Waals surface area (Å²) in [6.45, 7) is 11.8. The van der Waals surface area contributed by atoms with Gasteiger partial charge < -0.3 is 10.2 Å². The molecule has 106 valence electrons. The second kappa shape index (κ2) is 6.71. The van der Waals surface area contributed by atoms with Gasteiger partial charge in [-0.2, -0.15) is 0 Å². The number of nitrogens with zero attached hydrogens (tertiary/aromatic N) is 1. The number of amides is 1. The first-order valence-corrected chi connectivity index (χ1v) is 6.96. The van der Waals surface area contributed by atoms with Crippen molar-refractivity contribution in [1.29, 1.82) is 0 Å². The number of carbonyl (C=O) groups excluding carboxylic acids is 1. The Labute approximate surface area is 117 Å². The van der Waals surface area contributed by atoms with E-state index in [1.165, 1.54) is 0 Å². The first-order valence-electron chi connectivity index (χ1n) is 6.96. The van der Waals surface area contributed by atoms with Gasteiger partial charge in [-0.05, 0) is 46.2 Å². The van der Waals surface area contributed by atoms with Gasteiger partial charge in [0.05, 0.1) is 0 Å². The van der Waals surface area contributed by atoms with E-state index in [1.54, 1.807) is 0 Å². The maximum Gasteiger partial charge on any atom is 0.228 e. The highest BCUT2D eigenvalue weighted by atomic mass is 16.2. The SMILES string of the molecule is CCN(C(=O)CCNC(C)(C)C)c1ccccc1C. The highest BCUT2D eigenvalue weighted by molar-refractivity contribution is 5.94. The zero-order valence-electron chi connectivity index (χ0n) is 12.8. The summed E-state index contributed by atoms with van der Waals surface area (Å²) >= 11 is 0. The quantitative estimate of drug-likeness (QED) is 0.884. The van der Waals surface area contributed by atoms with E-state index in [-0.39, 0.29) is 11.4 Å². The molecule has 1 aromatic rings. The molecule has 0 atom stereocenters. The van der Waals surface area contributed by atoms with E-state index in [9.17, 15) is 4.79 Å². The number of hydrogen-bond donors (Lipinski definition) is 1. The molecule has 1 aromatic carbocycles. The van der Waals surface area contributed by atoms with Crippen LogP contribution < -0.4 is 10.2 Å². The van der Waals surface area contributed by atoms with E-state index in [0.29, 0.717) is 19.5 Å². The van der Waals surface area contributed by atoms with Crippen LogP contribution in [-0.4, -0.2) is 24.5 Å². The number of nitrogens with one attached hydrogen (secondary N) is 1. The summed E-state index contributed by atoms with van der Waals surface area (Å²) in [5.74, 6) is 0.175. The van der Waals surface area contributed by atoms with E-state index in [2.05, 4.69) is 26.1 Å².